The molecule has 5 nitrogen and oxygen atoms in total. The van der Waals surface area contributed by atoms with Crippen molar-refractivity contribution in [3.8, 4) is 0 Å². The Balaban J connectivity index is 0.00000243. The summed E-state index contributed by atoms with van der Waals surface area (Å²) in [6.07, 6.45) is 7.13. The summed E-state index contributed by atoms with van der Waals surface area (Å²) in [5.41, 5.74) is 7.28. The van der Waals surface area contributed by atoms with E-state index in [4.69, 9.17) is 5.73 Å². The molecule has 3 rings (SSSR count). The van der Waals surface area contributed by atoms with Gasteiger partial charge in [0, 0.05) is 17.6 Å². The number of anilines is 1. The number of sulfone groups is 1. The van der Waals surface area contributed by atoms with Gasteiger partial charge in [0.1, 0.15) is 0 Å². The van der Waals surface area contributed by atoms with E-state index < -0.39 is 9.84 Å². The Labute approximate surface area is 162 Å². The lowest BCUT2D eigenvalue weighted by Gasteiger charge is -2.21. The van der Waals surface area contributed by atoms with Crippen LogP contribution in [0.2, 0.25) is 0 Å². The maximum absolute atomic E-state index is 12.6. The smallest absolute Gasteiger partial charge is 0.227 e. The normalized spacial score (nSPS) is 24.0. The van der Waals surface area contributed by atoms with E-state index >= 15 is 0 Å². The van der Waals surface area contributed by atoms with E-state index in [1.54, 1.807) is 6.07 Å². The first-order valence-electron chi connectivity index (χ1n) is 9.31. The summed E-state index contributed by atoms with van der Waals surface area (Å²) >= 11 is 0. The van der Waals surface area contributed by atoms with Crippen molar-refractivity contribution in [2.75, 3.05) is 5.32 Å². The van der Waals surface area contributed by atoms with Gasteiger partial charge in [-0.25, -0.2) is 8.42 Å². The van der Waals surface area contributed by atoms with Crippen molar-refractivity contribution < 1.29 is 13.2 Å². The predicted molar refractivity (Wildman–Crippen MR) is 107 cm³/mol. The van der Waals surface area contributed by atoms with Gasteiger partial charge in [0.2, 0.25) is 5.91 Å². The summed E-state index contributed by atoms with van der Waals surface area (Å²) in [6, 6.07) is 7.34. The van der Waals surface area contributed by atoms with Crippen LogP contribution in [0.1, 0.15) is 56.9 Å². The second-order valence-corrected chi connectivity index (χ2v) is 9.81. The van der Waals surface area contributed by atoms with Crippen molar-refractivity contribution in [3.05, 3.63) is 29.8 Å². The Bertz CT molecular complexity index is 717. The summed E-state index contributed by atoms with van der Waals surface area (Å²) in [5.74, 6) is 0.000219. The highest BCUT2D eigenvalue weighted by Crippen LogP contribution is 2.28. The Morgan fingerprint density at radius 1 is 1.12 bits per heavy atom. The SMILES string of the molecule is Cl.NC1CCC(C(=O)Nc2cccc(CS(=O)(=O)C3CCCCC3)c2)C1. The zero-order chi connectivity index (χ0) is 17.9. The zero-order valence-corrected chi connectivity index (χ0v) is 16.7. The number of carbonyl (C=O) groups excluding carboxylic acids is 1. The van der Waals surface area contributed by atoms with Crippen molar-refractivity contribution in [3.63, 3.8) is 0 Å². The highest BCUT2D eigenvalue weighted by molar-refractivity contribution is 7.91. The number of carbonyl (C=O) groups is 1. The lowest BCUT2D eigenvalue weighted by atomic mass is 10.0. The van der Waals surface area contributed by atoms with E-state index in [1.807, 2.05) is 18.2 Å². The van der Waals surface area contributed by atoms with Gasteiger partial charge in [0.15, 0.2) is 9.84 Å². The molecular formula is C19H29ClN2O3S. The number of hydrogen-bond donors (Lipinski definition) is 2. The lowest BCUT2D eigenvalue weighted by molar-refractivity contribution is -0.119. The first-order chi connectivity index (χ1) is 11.9. The van der Waals surface area contributed by atoms with Crippen LogP contribution >= 0.6 is 12.4 Å². The van der Waals surface area contributed by atoms with Crippen molar-refractivity contribution in [2.24, 2.45) is 11.7 Å². The molecule has 0 spiro atoms. The largest absolute Gasteiger partial charge is 0.328 e. The van der Waals surface area contributed by atoms with Crippen molar-refractivity contribution in [1.82, 2.24) is 0 Å². The van der Waals surface area contributed by atoms with Crippen LogP contribution in [-0.2, 0) is 20.4 Å². The first-order valence-corrected chi connectivity index (χ1v) is 11.0. The molecule has 2 aliphatic rings. The van der Waals surface area contributed by atoms with Crippen LogP contribution in [0.25, 0.3) is 0 Å². The van der Waals surface area contributed by atoms with E-state index in [-0.39, 0.29) is 41.3 Å². The number of halogens is 1. The monoisotopic (exact) mass is 400 g/mol. The highest BCUT2D eigenvalue weighted by Gasteiger charge is 2.29. The fourth-order valence-electron chi connectivity index (χ4n) is 4.01. The molecule has 0 aromatic heterocycles. The molecule has 1 amide bonds. The Morgan fingerprint density at radius 3 is 2.50 bits per heavy atom. The van der Waals surface area contributed by atoms with Gasteiger partial charge < -0.3 is 11.1 Å². The van der Waals surface area contributed by atoms with Gasteiger partial charge in [-0.05, 0) is 49.8 Å². The van der Waals surface area contributed by atoms with E-state index in [9.17, 15) is 13.2 Å². The molecule has 2 unspecified atom stereocenters. The second-order valence-electron chi connectivity index (χ2n) is 7.53. The lowest BCUT2D eigenvalue weighted by Crippen LogP contribution is -2.25. The molecule has 3 N–H and O–H groups in total. The fourth-order valence-corrected chi connectivity index (χ4v) is 5.94. The molecule has 0 bridgehead atoms. The molecule has 2 aliphatic carbocycles. The third-order valence-electron chi connectivity index (χ3n) is 5.47. The molecule has 0 aliphatic heterocycles. The molecule has 7 heteroatoms. The summed E-state index contributed by atoms with van der Waals surface area (Å²) in [7, 11) is -3.13. The molecule has 0 saturated heterocycles. The minimum absolute atomic E-state index is 0. The van der Waals surface area contributed by atoms with Crippen molar-refractivity contribution in [2.45, 2.75) is 68.4 Å². The molecule has 146 valence electrons. The molecule has 2 fully saturated rings. The molecule has 0 radical (unpaired) electrons. The third kappa shape index (κ3) is 5.44. The zero-order valence-electron chi connectivity index (χ0n) is 15.0. The molecule has 1 aromatic rings. The van der Waals surface area contributed by atoms with E-state index in [1.165, 1.54) is 0 Å². The quantitative estimate of drug-likeness (QED) is 0.792. The summed E-state index contributed by atoms with van der Waals surface area (Å²) < 4.78 is 25.3. The average Bonchev–Trinajstić information content (AvgIpc) is 3.02. The summed E-state index contributed by atoms with van der Waals surface area (Å²) in [5, 5.41) is 2.71. The van der Waals surface area contributed by atoms with Gasteiger partial charge in [0.25, 0.3) is 0 Å². The fraction of sp³-hybridized carbons (Fsp3) is 0.632. The van der Waals surface area contributed by atoms with Gasteiger partial charge in [-0.3, -0.25) is 4.79 Å². The van der Waals surface area contributed by atoms with Crippen LogP contribution in [0, 0.1) is 5.92 Å². The first kappa shape index (κ1) is 21.2. The van der Waals surface area contributed by atoms with Gasteiger partial charge in [-0.1, -0.05) is 31.4 Å². The number of hydrogen-bond acceptors (Lipinski definition) is 4. The highest BCUT2D eigenvalue weighted by atomic mass is 35.5. The second kappa shape index (κ2) is 9.20. The van der Waals surface area contributed by atoms with Gasteiger partial charge in [0.05, 0.1) is 11.0 Å². The third-order valence-corrected chi connectivity index (χ3v) is 7.69. The average molecular weight is 401 g/mol. The topological polar surface area (TPSA) is 89.3 Å². The Kier molecular flexibility index (Phi) is 7.50. The molecule has 2 atom stereocenters. The Hall–Kier alpha value is -1.11. The maximum atomic E-state index is 12.6. The molecule has 1 aromatic carbocycles. The minimum atomic E-state index is -3.13. The van der Waals surface area contributed by atoms with Gasteiger partial charge >= 0.3 is 0 Å². The van der Waals surface area contributed by atoms with Crippen LogP contribution in [-0.4, -0.2) is 25.6 Å². The predicted octanol–water partition coefficient (Wildman–Crippen LogP) is 3.42. The molecule has 2 saturated carbocycles. The van der Waals surface area contributed by atoms with Crippen LogP contribution in [0.3, 0.4) is 0 Å². The van der Waals surface area contributed by atoms with Crippen LogP contribution in [0.5, 0.6) is 0 Å². The van der Waals surface area contributed by atoms with Crippen molar-refractivity contribution in [1.29, 1.82) is 0 Å². The number of nitrogens with one attached hydrogen (secondary N) is 1. The van der Waals surface area contributed by atoms with Gasteiger partial charge in [-0.15, -0.1) is 12.4 Å². The standard InChI is InChI=1S/C19H28N2O3S.ClH/c20-16-10-9-15(12-16)19(22)21-17-6-4-5-14(11-17)13-25(23,24)18-7-2-1-3-8-18;/h4-6,11,15-16,18H,1-3,7-10,12-13,20H2,(H,21,22);1H. The molecular weight excluding hydrogens is 372 g/mol. The van der Waals surface area contributed by atoms with Crippen LogP contribution in [0.4, 0.5) is 5.69 Å². The number of nitrogens with two attached hydrogens (primary N) is 1. The number of amides is 1. The molecule has 0 heterocycles. The summed E-state index contributed by atoms with van der Waals surface area (Å²) in [4.78, 5) is 12.3. The number of benzene rings is 1. The maximum Gasteiger partial charge on any atom is 0.227 e. The Morgan fingerprint density at radius 2 is 1.85 bits per heavy atom. The summed E-state index contributed by atoms with van der Waals surface area (Å²) in [6.45, 7) is 0. The van der Waals surface area contributed by atoms with E-state index in [2.05, 4.69) is 5.32 Å². The van der Waals surface area contributed by atoms with Gasteiger partial charge in [-0.2, -0.15) is 0 Å². The van der Waals surface area contributed by atoms with Crippen molar-refractivity contribution >= 4 is 33.8 Å². The number of rotatable bonds is 5. The minimum Gasteiger partial charge on any atom is -0.328 e. The van der Waals surface area contributed by atoms with Crippen LogP contribution in [0.15, 0.2) is 24.3 Å². The van der Waals surface area contributed by atoms with E-state index in [0.717, 1.165) is 56.9 Å². The van der Waals surface area contributed by atoms with E-state index in [0.29, 0.717) is 5.69 Å². The molecule has 26 heavy (non-hydrogen) atoms. The van der Waals surface area contributed by atoms with Crippen LogP contribution < -0.4 is 11.1 Å².